The number of fused-ring (bicyclic) bond motifs is 1. The van der Waals surface area contributed by atoms with Gasteiger partial charge in [-0.25, -0.2) is 0 Å². The van der Waals surface area contributed by atoms with Crippen LogP contribution in [0.15, 0.2) is 72.9 Å². The highest BCUT2D eigenvalue weighted by atomic mass is 35.5. The van der Waals surface area contributed by atoms with Gasteiger partial charge in [-0.3, -0.25) is 9.78 Å². The maximum absolute atomic E-state index is 13.0. The van der Waals surface area contributed by atoms with Gasteiger partial charge in [-0.15, -0.1) is 0 Å². The van der Waals surface area contributed by atoms with Gasteiger partial charge in [0.05, 0.1) is 11.3 Å². The number of carbonyl (C=O) groups excluding carboxylic acids is 1. The van der Waals surface area contributed by atoms with Gasteiger partial charge in [0.2, 0.25) is 0 Å². The van der Waals surface area contributed by atoms with E-state index in [1.807, 2.05) is 76.2 Å². The first-order valence-corrected chi connectivity index (χ1v) is 12.9. The monoisotopic (exact) mass is 525 g/mol. The van der Waals surface area contributed by atoms with Gasteiger partial charge < -0.3 is 9.84 Å². The molecule has 4 rings (SSSR count). The molecule has 0 amide bonds. The summed E-state index contributed by atoms with van der Waals surface area (Å²) in [5.74, 6) is 6.03. The van der Waals surface area contributed by atoms with Crippen molar-refractivity contribution >= 4 is 28.2 Å². The molecule has 3 aromatic carbocycles. The van der Waals surface area contributed by atoms with Crippen molar-refractivity contribution in [1.29, 1.82) is 0 Å². The minimum Gasteiger partial charge on any atom is -0.372 e. The summed E-state index contributed by atoms with van der Waals surface area (Å²) < 4.78 is 6.33. The standard InChI is InChI=1S/C33H32ClNO3/c1-21-19-25-11-10-23(16-17-33(6,37)28-9-7-8-18-35-28)20-27(25)30(24-12-14-26(34)15-13-24)29(21)31(22(2)36)38-32(3,4)5/h7-15,18-20,31,37H,1-6H3/t31-,33?/m1/s1. The molecule has 0 aliphatic heterocycles. The van der Waals surface area contributed by atoms with E-state index in [1.165, 1.54) is 0 Å². The Bertz CT molecular complexity index is 1540. The second-order valence-corrected chi connectivity index (χ2v) is 11.1. The Balaban J connectivity index is 1.96. The molecule has 0 saturated carbocycles. The van der Waals surface area contributed by atoms with E-state index in [4.69, 9.17) is 16.3 Å². The third-order valence-electron chi connectivity index (χ3n) is 6.24. The van der Waals surface area contributed by atoms with Crippen LogP contribution in [0.3, 0.4) is 0 Å². The maximum Gasteiger partial charge on any atom is 0.165 e. The highest BCUT2D eigenvalue weighted by molar-refractivity contribution is 6.30. The molecule has 0 fully saturated rings. The molecule has 0 bridgehead atoms. The summed E-state index contributed by atoms with van der Waals surface area (Å²) in [5.41, 5.74) is 2.89. The fourth-order valence-corrected chi connectivity index (χ4v) is 4.63. The predicted octanol–water partition coefficient (Wildman–Crippen LogP) is 7.57. The lowest BCUT2D eigenvalue weighted by molar-refractivity contribution is -0.138. The normalized spacial score (nSPS) is 13.9. The van der Waals surface area contributed by atoms with Crippen LogP contribution in [0.2, 0.25) is 5.02 Å². The number of aryl methyl sites for hydroxylation is 1. The average molecular weight is 526 g/mol. The molecule has 1 aromatic heterocycles. The third kappa shape index (κ3) is 6.14. The number of rotatable bonds is 5. The number of ether oxygens (including phenoxy) is 1. The minimum atomic E-state index is -1.41. The zero-order chi connectivity index (χ0) is 27.7. The van der Waals surface area contributed by atoms with Gasteiger partial charge in [-0.1, -0.05) is 53.8 Å². The van der Waals surface area contributed by atoms with Crippen LogP contribution in [0.25, 0.3) is 21.9 Å². The first-order valence-electron chi connectivity index (χ1n) is 12.5. The molecule has 4 aromatic rings. The van der Waals surface area contributed by atoms with E-state index in [-0.39, 0.29) is 5.78 Å². The number of aliphatic hydroxyl groups is 1. The molecule has 38 heavy (non-hydrogen) atoms. The van der Waals surface area contributed by atoms with Gasteiger partial charge >= 0.3 is 0 Å². The van der Waals surface area contributed by atoms with Gasteiger partial charge in [0, 0.05) is 16.8 Å². The number of carbonyl (C=O) groups is 1. The molecule has 1 N–H and O–H groups in total. The molecule has 1 unspecified atom stereocenters. The second kappa shape index (κ2) is 10.7. The molecular formula is C33H32ClNO3. The number of aromatic nitrogens is 1. The topological polar surface area (TPSA) is 59.4 Å². The van der Waals surface area contributed by atoms with E-state index in [2.05, 4.69) is 22.9 Å². The number of nitrogens with zero attached hydrogens (tertiary/aromatic N) is 1. The van der Waals surface area contributed by atoms with Crippen LogP contribution >= 0.6 is 11.6 Å². The summed E-state index contributed by atoms with van der Waals surface area (Å²) >= 11 is 6.22. The van der Waals surface area contributed by atoms with Crippen molar-refractivity contribution in [3.63, 3.8) is 0 Å². The molecular weight excluding hydrogens is 494 g/mol. The lowest BCUT2D eigenvalue weighted by atomic mass is 9.85. The highest BCUT2D eigenvalue weighted by Gasteiger charge is 2.29. The van der Waals surface area contributed by atoms with Crippen LogP contribution in [0, 0.1) is 18.8 Å². The van der Waals surface area contributed by atoms with Crippen LogP contribution in [0.4, 0.5) is 0 Å². The Kier molecular flexibility index (Phi) is 7.76. The smallest absolute Gasteiger partial charge is 0.165 e. The lowest BCUT2D eigenvalue weighted by Crippen LogP contribution is -2.27. The first-order chi connectivity index (χ1) is 17.9. The van der Waals surface area contributed by atoms with Crippen LogP contribution in [-0.4, -0.2) is 21.5 Å². The van der Waals surface area contributed by atoms with Crippen molar-refractivity contribution in [1.82, 2.24) is 4.98 Å². The highest BCUT2D eigenvalue weighted by Crippen LogP contribution is 2.41. The number of halogens is 1. The zero-order valence-electron chi connectivity index (χ0n) is 22.6. The lowest BCUT2D eigenvalue weighted by Gasteiger charge is -2.29. The average Bonchev–Trinajstić information content (AvgIpc) is 2.86. The molecule has 0 aliphatic rings. The number of Topliss-reactive ketones (excluding diaryl/α,β-unsaturated/α-hetero) is 1. The summed E-state index contributed by atoms with van der Waals surface area (Å²) in [4.78, 5) is 17.2. The Hall–Kier alpha value is -3.49. The summed E-state index contributed by atoms with van der Waals surface area (Å²) in [6.07, 6.45) is 0.888. The van der Waals surface area contributed by atoms with Crippen LogP contribution in [0.5, 0.6) is 0 Å². The summed E-state index contributed by atoms with van der Waals surface area (Å²) in [6, 6.07) is 21.0. The molecule has 2 atom stereocenters. The van der Waals surface area contributed by atoms with Gasteiger partial charge in [0.1, 0.15) is 6.10 Å². The predicted molar refractivity (Wildman–Crippen MR) is 154 cm³/mol. The zero-order valence-corrected chi connectivity index (χ0v) is 23.4. The Labute approximate surface area is 229 Å². The number of hydrogen-bond acceptors (Lipinski definition) is 4. The minimum absolute atomic E-state index is 0.0695. The van der Waals surface area contributed by atoms with Gasteiger partial charge in [-0.05, 0) is 111 Å². The summed E-state index contributed by atoms with van der Waals surface area (Å²) in [6.45, 7) is 11.0. The van der Waals surface area contributed by atoms with Crippen LogP contribution in [-0.2, 0) is 15.1 Å². The largest absolute Gasteiger partial charge is 0.372 e. The Morgan fingerprint density at radius 2 is 1.74 bits per heavy atom. The quantitative estimate of drug-likeness (QED) is 0.273. The van der Waals surface area contributed by atoms with Crippen molar-refractivity contribution < 1.29 is 14.6 Å². The molecule has 4 nitrogen and oxygen atoms in total. The van der Waals surface area contributed by atoms with E-state index in [1.54, 1.807) is 32.2 Å². The van der Waals surface area contributed by atoms with Crippen molar-refractivity contribution in [3.05, 3.63) is 100 Å². The maximum atomic E-state index is 13.0. The second-order valence-electron chi connectivity index (χ2n) is 10.7. The molecule has 0 radical (unpaired) electrons. The van der Waals surface area contributed by atoms with E-state index in [9.17, 15) is 9.90 Å². The van der Waals surface area contributed by atoms with E-state index in [0.29, 0.717) is 10.7 Å². The first kappa shape index (κ1) is 27.5. The Morgan fingerprint density at radius 3 is 2.34 bits per heavy atom. The third-order valence-corrected chi connectivity index (χ3v) is 6.49. The number of hydrogen-bond donors (Lipinski definition) is 1. The van der Waals surface area contributed by atoms with Gasteiger partial charge in [-0.2, -0.15) is 0 Å². The van der Waals surface area contributed by atoms with Gasteiger partial charge in [0.25, 0.3) is 0 Å². The molecule has 194 valence electrons. The molecule has 5 heteroatoms. The number of ketones is 1. The van der Waals surface area contributed by atoms with E-state index in [0.717, 1.165) is 38.6 Å². The van der Waals surface area contributed by atoms with E-state index < -0.39 is 17.3 Å². The SMILES string of the molecule is CC(=O)[C@@H](OC(C)(C)C)c1c(C)cc2ccc(C#CC(C)(O)c3ccccn3)cc2c1-c1ccc(Cl)cc1. The Morgan fingerprint density at radius 1 is 1.03 bits per heavy atom. The summed E-state index contributed by atoms with van der Waals surface area (Å²) in [5, 5.41) is 13.5. The number of pyridine rings is 1. The molecule has 0 saturated heterocycles. The number of benzene rings is 3. The fraction of sp³-hybridized carbons (Fsp3) is 0.273. The molecule has 1 heterocycles. The van der Waals surface area contributed by atoms with Crippen molar-refractivity contribution in [2.75, 3.05) is 0 Å². The van der Waals surface area contributed by atoms with Crippen molar-refractivity contribution in [3.8, 4) is 23.0 Å². The van der Waals surface area contributed by atoms with Crippen LogP contribution < -0.4 is 0 Å². The van der Waals surface area contributed by atoms with Crippen molar-refractivity contribution in [2.45, 2.75) is 58.8 Å². The molecule has 0 aliphatic carbocycles. The fourth-order valence-electron chi connectivity index (χ4n) is 4.50. The van der Waals surface area contributed by atoms with Gasteiger partial charge in [0.15, 0.2) is 11.4 Å². The van der Waals surface area contributed by atoms with Crippen LogP contribution in [0.1, 0.15) is 63.1 Å². The van der Waals surface area contributed by atoms with E-state index >= 15 is 0 Å². The summed E-state index contributed by atoms with van der Waals surface area (Å²) in [7, 11) is 0. The molecule has 0 spiro atoms. The van der Waals surface area contributed by atoms with Crippen molar-refractivity contribution in [2.24, 2.45) is 0 Å².